The highest BCUT2D eigenvalue weighted by atomic mass is 16.1. The summed E-state index contributed by atoms with van der Waals surface area (Å²) in [4.78, 5) is 15.9. The highest BCUT2D eigenvalue weighted by Crippen LogP contribution is 2.10. The second kappa shape index (κ2) is 4.53. The molecule has 5 nitrogen and oxygen atoms in total. The van der Waals surface area contributed by atoms with Crippen LogP contribution in [0.3, 0.4) is 0 Å². The first kappa shape index (κ1) is 11.6. The molecule has 2 rings (SSSR count). The number of hydrogen-bond acceptors (Lipinski definition) is 3. The van der Waals surface area contributed by atoms with Gasteiger partial charge in [-0.3, -0.25) is 9.48 Å². The Morgan fingerprint density at radius 3 is 2.82 bits per heavy atom. The van der Waals surface area contributed by atoms with Crippen molar-refractivity contribution >= 4 is 5.78 Å². The zero-order valence-corrected chi connectivity index (χ0v) is 10.3. The number of aryl methyl sites for hydroxylation is 1. The molecule has 0 fully saturated rings. The van der Waals surface area contributed by atoms with Crippen LogP contribution in [0.5, 0.6) is 0 Å². The van der Waals surface area contributed by atoms with Crippen LogP contribution in [0.2, 0.25) is 0 Å². The van der Waals surface area contributed by atoms with E-state index in [4.69, 9.17) is 0 Å². The molecule has 0 bridgehead atoms. The lowest BCUT2D eigenvalue weighted by Crippen LogP contribution is -2.07. The normalized spacial score (nSPS) is 11.1. The first-order chi connectivity index (χ1) is 8.08. The molecule has 0 amide bonds. The molecule has 0 aromatic carbocycles. The third-order valence-electron chi connectivity index (χ3n) is 2.69. The van der Waals surface area contributed by atoms with E-state index in [1.165, 1.54) is 6.33 Å². The third-order valence-corrected chi connectivity index (χ3v) is 2.69. The fourth-order valence-corrected chi connectivity index (χ4v) is 1.64. The van der Waals surface area contributed by atoms with Gasteiger partial charge in [0, 0.05) is 30.9 Å². The number of aromatic nitrogens is 4. The van der Waals surface area contributed by atoms with Gasteiger partial charge in [0.05, 0.1) is 6.54 Å². The Hall–Kier alpha value is -1.91. The van der Waals surface area contributed by atoms with Crippen molar-refractivity contribution in [2.75, 3.05) is 0 Å². The first-order valence-corrected chi connectivity index (χ1v) is 5.61. The van der Waals surface area contributed by atoms with Crippen molar-refractivity contribution in [2.45, 2.75) is 20.4 Å². The van der Waals surface area contributed by atoms with Gasteiger partial charge in [-0.05, 0) is 6.07 Å². The van der Waals surface area contributed by atoms with Crippen molar-refractivity contribution in [3.63, 3.8) is 0 Å². The topological polar surface area (TPSA) is 52.7 Å². The fraction of sp³-hybridized carbons (Fsp3) is 0.417. The minimum atomic E-state index is 0.0284. The van der Waals surface area contributed by atoms with Gasteiger partial charge in [-0.15, -0.1) is 0 Å². The van der Waals surface area contributed by atoms with Crippen molar-refractivity contribution in [2.24, 2.45) is 13.0 Å². The molecule has 0 unspecified atom stereocenters. The monoisotopic (exact) mass is 232 g/mol. The molecule has 0 atom stereocenters. The highest BCUT2D eigenvalue weighted by Gasteiger charge is 2.12. The van der Waals surface area contributed by atoms with E-state index in [1.54, 1.807) is 4.68 Å². The maximum absolute atomic E-state index is 11.8. The van der Waals surface area contributed by atoms with Crippen LogP contribution in [0.15, 0.2) is 24.8 Å². The van der Waals surface area contributed by atoms with E-state index in [0.717, 1.165) is 11.4 Å². The van der Waals surface area contributed by atoms with Crippen LogP contribution in [0.25, 0.3) is 0 Å². The van der Waals surface area contributed by atoms with Crippen LogP contribution in [-0.2, 0) is 13.6 Å². The summed E-state index contributed by atoms with van der Waals surface area (Å²) in [6.07, 6.45) is 5.28. The van der Waals surface area contributed by atoms with Crippen molar-refractivity contribution in [3.8, 4) is 0 Å². The summed E-state index contributed by atoms with van der Waals surface area (Å²) in [7, 11) is 1.85. The minimum Gasteiger partial charge on any atom is -0.346 e. The van der Waals surface area contributed by atoms with Gasteiger partial charge >= 0.3 is 0 Å². The van der Waals surface area contributed by atoms with Gasteiger partial charge in [0.25, 0.3) is 0 Å². The molecule has 17 heavy (non-hydrogen) atoms. The van der Waals surface area contributed by atoms with Crippen LogP contribution in [0.1, 0.15) is 30.0 Å². The number of hydrogen-bond donors (Lipinski definition) is 0. The molecule has 0 aliphatic rings. The molecule has 2 heterocycles. The lowest BCUT2D eigenvalue weighted by molar-refractivity contribution is 0.0939. The fourth-order valence-electron chi connectivity index (χ4n) is 1.64. The van der Waals surface area contributed by atoms with E-state index < -0.39 is 0 Å². The first-order valence-electron chi connectivity index (χ1n) is 5.61. The van der Waals surface area contributed by atoms with Gasteiger partial charge in [0.1, 0.15) is 12.2 Å². The van der Waals surface area contributed by atoms with Gasteiger partial charge in [0.15, 0.2) is 5.78 Å². The van der Waals surface area contributed by atoms with Crippen molar-refractivity contribution < 1.29 is 4.79 Å². The second-order valence-corrected chi connectivity index (χ2v) is 4.39. The SMILES string of the molecule is CC(C)C(=O)c1ccn(Cc2ncnn2C)c1. The molecule has 0 aliphatic carbocycles. The molecule has 0 aliphatic heterocycles. The van der Waals surface area contributed by atoms with Crippen LogP contribution >= 0.6 is 0 Å². The average molecular weight is 232 g/mol. The number of rotatable bonds is 4. The van der Waals surface area contributed by atoms with Gasteiger partial charge in [-0.1, -0.05) is 13.8 Å². The molecular weight excluding hydrogens is 216 g/mol. The lowest BCUT2D eigenvalue weighted by Gasteiger charge is -2.02. The maximum atomic E-state index is 11.8. The summed E-state index contributed by atoms with van der Waals surface area (Å²) in [6, 6.07) is 1.85. The molecule has 5 heteroatoms. The standard InChI is InChI=1S/C12H16N4O/c1-9(2)12(17)10-4-5-16(6-10)7-11-13-8-14-15(11)3/h4-6,8-9H,7H2,1-3H3. The van der Waals surface area contributed by atoms with E-state index in [0.29, 0.717) is 6.54 Å². The second-order valence-electron chi connectivity index (χ2n) is 4.39. The van der Waals surface area contributed by atoms with E-state index in [2.05, 4.69) is 10.1 Å². The lowest BCUT2D eigenvalue weighted by atomic mass is 10.0. The van der Waals surface area contributed by atoms with Gasteiger partial charge in [-0.2, -0.15) is 5.10 Å². The zero-order chi connectivity index (χ0) is 12.4. The number of Topliss-reactive ketones (excluding diaryl/α,β-unsaturated/α-hetero) is 1. The Morgan fingerprint density at radius 1 is 1.47 bits per heavy atom. The van der Waals surface area contributed by atoms with Crippen LogP contribution < -0.4 is 0 Å². The summed E-state index contributed by atoms with van der Waals surface area (Å²) in [6.45, 7) is 4.44. The minimum absolute atomic E-state index is 0.0284. The van der Waals surface area contributed by atoms with E-state index >= 15 is 0 Å². The largest absolute Gasteiger partial charge is 0.346 e. The Kier molecular flexibility index (Phi) is 3.08. The van der Waals surface area contributed by atoms with Crippen molar-refractivity contribution in [3.05, 3.63) is 36.2 Å². The summed E-state index contributed by atoms with van der Waals surface area (Å²) in [5, 5.41) is 4.01. The Morgan fingerprint density at radius 2 is 2.24 bits per heavy atom. The highest BCUT2D eigenvalue weighted by molar-refractivity contribution is 5.97. The summed E-state index contributed by atoms with van der Waals surface area (Å²) < 4.78 is 3.67. The summed E-state index contributed by atoms with van der Waals surface area (Å²) >= 11 is 0. The van der Waals surface area contributed by atoms with Crippen LogP contribution in [0.4, 0.5) is 0 Å². The van der Waals surface area contributed by atoms with E-state index in [9.17, 15) is 4.79 Å². The van der Waals surface area contributed by atoms with Crippen LogP contribution in [-0.4, -0.2) is 25.1 Å². The molecule has 2 aromatic heterocycles. The van der Waals surface area contributed by atoms with E-state index in [-0.39, 0.29) is 11.7 Å². The number of carbonyl (C=O) groups is 1. The Balaban J connectivity index is 2.14. The van der Waals surface area contributed by atoms with Crippen LogP contribution in [0, 0.1) is 5.92 Å². The Bertz CT molecular complexity index is 524. The molecular formula is C12H16N4O. The Labute approximate surface area is 100 Å². The van der Waals surface area contributed by atoms with Gasteiger partial charge in [0.2, 0.25) is 0 Å². The zero-order valence-electron chi connectivity index (χ0n) is 10.3. The summed E-state index contributed by atoms with van der Waals surface area (Å²) in [5.74, 6) is 1.06. The molecule has 0 N–H and O–H groups in total. The molecule has 0 spiro atoms. The molecule has 2 aromatic rings. The maximum Gasteiger partial charge on any atom is 0.166 e. The van der Waals surface area contributed by atoms with Crippen molar-refractivity contribution in [1.29, 1.82) is 0 Å². The number of carbonyl (C=O) groups excluding carboxylic acids is 1. The number of nitrogens with zero attached hydrogens (tertiary/aromatic N) is 4. The predicted molar refractivity (Wildman–Crippen MR) is 63.7 cm³/mol. The third kappa shape index (κ3) is 2.43. The molecule has 0 radical (unpaired) electrons. The summed E-state index contributed by atoms with van der Waals surface area (Å²) in [5.41, 5.74) is 0.752. The van der Waals surface area contributed by atoms with Gasteiger partial charge in [-0.25, -0.2) is 4.98 Å². The number of ketones is 1. The molecule has 0 saturated carbocycles. The molecule has 0 saturated heterocycles. The van der Waals surface area contributed by atoms with Gasteiger partial charge < -0.3 is 4.57 Å². The predicted octanol–water partition coefficient (Wildman–Crippen LogP) is 1.50. The molecule has 90 valence electrons. The smallest absolute Gasteiger partial charge is 0.166 e. The van der Waals surface area contributed by atoms with E-state index in [1.807, 2.05) is 43.9 Å². The van der Waals surface area contributed by atoms with Crippen molar-refractivity contribution in [1.82, 2.24) is 19.3 Å². The quantitative estimate of drug-likeness (QED) is 0.751. The average Bonchev–Trinajstić information content (AvgIpc) is 2.88.